The van der Waals surface area contributed by atoms with Gasteiger partial charge in [-0.25, -0.2) is 4.98 Å². The Bertz CT molecular complexity index is 452. The van der Waals surface area contributed by atoms with Gasteiger partial charge >= 0.3 is 0 Å². The summed E-state index contributed by atoms with van der Waals surface area (Å²) in [4.78, 5) is 6.87. The van der Waals surface area contributed by atoms with E-state index in [1.807, 2.05) is 12.1 Å². The van der Waals surface area contributed by atoms with Crippen molar-refractivity contribution in [2.45, 2.75) is 44.2 Å². The van der Waals surface area contributed by atoms with Gasteiger partial charge < -0.3 is 10.2 Å². The molecule has 0 radical (unpaired) electrons. The Hall–Kier alpha value is -1.60. The van der Waals surface area contributed by atoms with Gasteiger partial charge in [0.05, 0.1) is 5.56 Å². The highest BCUT2D eigenvalue weighted by Crippen LogP contribution is 2.31. The van der Waals surface area contributed by atoms with Crippen molar-refractivity contribution in [1.29, 1.82) is 5.26 Å². The highest BCUT2D eigenvalue weighted by Gasteiger charge is 2.31. The second-order valence-corrected chi connectivity index (χ2v) is 5.55. The topological polar surface area (TPSA) is 52.0 Å². The van der Waals surface area contributed by atoms with Gasteiger partial charge in [0.15, 0.2) is 0 Å². The van der Waals surface area contributed by atoms with Gasteiger partial charge in [-0.15, -0.1) is 0 Å². The summed E-state index contributed by atoms with van der Waals surface area (Å²) in [6.45, 7) is 2.19. The summed E-state index contributed by atoms with van der Waals surface area (Å²) in [5.41, 5.74) is 0.635. The predicted molar refractivity (Wildman–Crippen MR) is 75.0 cm³/mol. The van der Waals surface area contributed by atoms with Crippen LogP contribution in [0, 0.1) is 11.3 Å². The lowest BCUT2D eigenvalue weighted by Crippen LogP contribution is -2.44. The van der Waals surface area contributed by atoms with E-state index in [4.69, 9.17) is 5.26 Å². The van der Waals surface area contributed by atoms with E-state index in [0.29, 0.717) is 17.6 Å². The molecule has 1 N–H and O–H groups in total. The lowest BCUT2D eigenvalue weighted by molar-refractivity contribution is 0.397. The number of anilines is 1. The van der Waals surface area contributed by atoms with Crippen LogP contribution in [-0.2, 0) is 0 Å². The normalized spacial score (nSPS) is 22.8. The first-order chi connectivity index (χ1) is 9.36. The molecule has 1 saturated heterocycles. The second-order valence-electron chi connectivity index (χ2n) is 5.55. The quantitative estimate of drug-likeness (QED) is 0.896. The van der Waals surface area contributed by atoms with Crippen molar-refractivity contribution in [3.8, 4) is 6.07 Å². The van der Waals surface area contributed by atoms with E-state index in [0.717, 1.165) is 18.9 Å². The van der Waals surface area contributed by atoms with Gasteiger partial charge in [0.1, 0.15) is 11.9 Å². The molecule has 1 atom stereocenters. The number of nitriles is 1. The molecule has 19 heavy (non-hydrogen) atoms. The van der Waals surface area contributed by atoms with Gasteiger partial charge in [0.2, 0.25) is 0 Å². The number of nitrogens with one attached hydrogen (secondary N) is 1. The standard InChI is InChI=1S/C15H20N4/c16-9-12-4-7-15(18-10-12)19(14-5-6-14)11-13-3-1-2-8-17-13/h4,7,10,13-14,17H,1-3,5-6,8,11H2. The summed E-state index contributed by atoms with van der Waals surface area (Å²) in [6.07, 6.45) is 8.12. The second kappa shape index (κ2) is 5.58. The van der Waals surface area contributed by atoms with Crippen molar-refractivity contribution in [2.24, 2.45) is 0 Å². The van der Waals surface area contributed by atoms with Gasteiger partial charge in [-0.2, -0.15) is 5.26 Å². The fourth-order valence-electron chi connectivity index (χ4n) is 2.76. The average Bonchev–Trinajstić information content (AvgIpc) is 3.31. The lowest BCUT2D eigenvalue weighted by atomic mass is 10.0. The monoisotopic (exact) mass is 256 g/mol. The maximum atomic E-state index is 8.84. The van der Waals surface area contributed by atoms with Crippen LogP contribution in [0.3, 0.4) is 0 Å². The van der Waals surface area contributed by atoms with Crippen molar-refractivity contribution in [2.75, 3.05) is 18.0 Å². The average molecular weight is 256 g/mol. The van der Waals surface area contributed by atoms with Crippen LogP contribution in [0.15, 0.2) is 18.3 Å². The van der Waals surface area contributed by atoms with E-state index >= 15 is 0 Å². The minimum absolute atomic E-state index is 0.590. The van der Waals surface area contributed by atoms with Gasteiger partial charge in [-0.1, -0.05) is 6.42 Å². The van der Waals surface area contributed by atoms with E-state index in [-0.39, 0.29) is 0 Å². The zero-order chi connectivity index (χ0) is 13.1. The number of pyridine rings is 1. The number of nitrogens with zero attached hydrogens (tertiary/aromatic N) is 3. The van der Waals surface area contributed by atoms with Crippen molar-refractivity contribution in [3.05, 3.63) is 23.9 Å². The van der Waals surface area contributed by atoms with Crippen molar-refractivity contribution in [1.82, 2.24) is 10.3 Å². The highest BCUT2D eigenvalue weighted by atomic mass is 15.2. The summed E-state index contributed by atoms with van der Waals surface area (Å²) in [5, 5.41) is 12.4. The Labute approximate surface area is 114 Å². The molecule has 2 heterocycles. The summed E-state index contributed by atoms with van der Waals surface area (Å²) >= 11 is 0. The zero-order valence-corrected chi connectivity index (χ0v) is 11.2. The van der Waals surface area contributed by atoms with E-state index in [1.54, 1.807) is 6.20 Å². The first-order valence-corrected chi connectivity index (χ1v) is 7.23. The molecule has 2 fully saturated rings. The smallest absolute Gasteiger partial charge is 0.128 e. The fraction of sp³-hybridized carbons (Fsp3) is 0.600. The third kappa shape index (κ3) is 3.05. The van der Waals surface area contributed by atoms with Crippen LogP contribution in [0.1, 0.15) is 37.7 Å². The van der Waals surface area contributed by atoms with Crippen LogP contribution in [-0.4, -0.2) is 30.2 Å². The van der Waals surface area contributed by atoms with Crippen LogP contribution < -0.4 is 10.2 Å². The molecule has 1 unspecified atom stereocenters. The molecule has 0 bridgehead atoms. The summed E-state index contributed by atoms with van der Waals surface area (Å²) in [6, 6.07) is 7.23. The molecule has 100 valence electrons. The van der Waals surface area contributed by atoms with Gasteiger partial charge in [0, 0.05) is 24.8 Å². The molecule has 1 saturated carbocycles. The van der Waals surface area contributed by atoms with E-state index < -0.39 is 0 Å². The van der Waals surface area contributed by atoms with Gasteiger partial charge in [0.25, 0.3) is 0 Å². The number of hydrogen-bond donors (Lipinski definition) is 1. The minimum Gasteiger partial charge on any atom is -0.352 e. The predicted octanol–water partition coefficient (Wildman–Crippen LogP) is 2.06. The molecule has 2 aliphatic rings. The van der Waals surface area contributed by atoms with Crippen molar-refractivity contribution in [3.63, 3.8) is 0 Å². The molecule has 1 aromatic rings. The van der Waals surface area contributed by atoms with E-state index in [1.165, 1.54) is 32.1 Å². The molecule has 1 aromatic heterocycles. The minimum atomic E-state index is 0.590. The first-order valence-electron chi connectivity index (χ1n) is 7.23. The lowest BCUT2D eigenvalue weighted by Gasteiger charge is -2.31. The summed E-state index contributed by atoms with van der Waals surface area (Å²) < 4.78 is 0. The Morgan fingerprint density at radius 2 is 2.21 bits per heavy atom. The number of hydrogen-bond acceptors (Lipinski definition) is 4. The fourth-order valence-corrected chi connectivity index (χ4v) is 2.76. The Balaban J connectivity index is 1.70. The van der Waals surface area contributed by atoms with Crippen LogP contribution >= 0.6 is 0 Å². The molecular weight excluding hydrogens is 236 g/mol. The molecule has 1 aliphatic heterocycles. The molecule has 4 heteroatoms. The van der Waals surface area contributed by atoms with Gasteiger partial charge in [-0.3, -0.25) is 0 Å². The Morgan fingerprint density at radius 3 is 2.79 bits per heavy atom. The summed E-state index contributed by atoms with van der Waals surface area (Å²) in [7, 11) is 0. The van der Waals surface area contributed by atoms with Crippen LogP contribution in [0.5, 0.6) is 0 Å². The van der Waals surface area contributed by atoms with Crippen LogP contribution in [0.25, 0.3) is 0 Å². The largest absolute Gasteiger partial charge is 0.352 e. The van der Waals surface area contributed by atoms with E-state index in [9.17, 15) is 0 Å². The summed E-state index contributed by atoms with van der Waals surface area (Å²) in [5.74, 6) is 1.02. The van der Waals surface area contributed by atoms with Gasteiger partial charge in [-0.05, 0) is 44.4 Å². The molecule has 0 amide bonds. The highest BCUT2D eigenvalue weighted by molar-refractivity contribution is 5.44. The number of aromatic nitrogens is 1. The first kappa shape index (κ1) is 12.4. The SMILES string of the molecule is N#Cc1ccc(N(CC2CCCCN2)C2CC2)nc1. The molecular formula is C15H20N4. The molecule has 4 nitrogen and oxygen atoms in total. The maximum Gasteiger partial charge on any atom is 0.128 e. The van der Waals surface area contributed by atoms with E-state index in [2.05, 4.69) is 21.3 Å². The van der Waals surface area contributed by atoms with Crippen LogP contribution in [0.2, 0.25) is 0 Å². The number of piperidine rings is 1. The van der Waals surface area contributed by atoms with Crippen molar-refractivity contribution < 1.29 is 0 Å². The zero-order valence-electron chi connectivity index (χ0n) is 11.2. The molecule has 3 rings (SSSR count). The molecule has 1 aliphatic carbocycles. The molecule has 0 spiro atoms. The van der Waals surface area contributed by atoms with Crippen LogP contribution in [0.4, 0.5) is 5.82 Å². The Morgan fingerprint density at radius 1 is 1.32 bits per heavy atom. The third-order valence-electron chi connectivity index (χ3n) is 3.99. The van der Waals surface area contributed by atoms with Crippen molar-refractivity contribution >= 4 is 5.82 Å². The Kier molecular flexibility index (Phi) is 3.65. The maximum absolute atomic E-state index is 8.84. The third-order valence-corrected chi connectivity index (χ3v) is 3.99. The molecule has 0 aromatic carbocycles. The number of rotatable bonds is 4.